The topological polar surface area (TPSA) is 148 Å². The van der Waals surface area contributed by atoms with E-state index < -0.39 is 15.9 Å². The highest BCUT2D eigenvalue weighted by Gasteiger charge is 2.32. The number of hydrogen-bond donors (Lipinski definition) is 3. The van der Waals surface area contributed by atoms with E-state index in [4.69, 9.17) is 20.6 Å². The van der Waals surface area contributed by atoms with Crippen molar-refractivity contribution in [3.05, 3.63) is 33.6 Å². The molecule has 1 aromatic rings. The van der Waals surface area contributed by atoms with Gasteiger partial charge in [-0.1, -0.05) is 0 Å². The lowest BCUT2D eigenvalue weighted by Gasteiger charge is -2.25. The number of carbonyl (C=O) groups is 1. The molecule has 11 heteroatoms. The van der Waals surface area contributed by atoms with Crippen LogP contribution in [0.1, 0.15) is 47.7 Å². The third-order valence-corrected chi connectivity index (χ3v) is 7.55. The number of rotatable bonds is 6. The number of fused-ring (bicyclic) bond motifs is 1. The van der Waals surface area contributed by atoms with E-state index in [1.807, 2.05) is 25.9 Å². The summed E-state index contributed by atoms with van der Waals surface area (Å²) in [5, 5.41) is 8.82. The van der Waals surface area contributed by atoms with Crippen molar-refractivity contribution in [1.29, 1.82) is 0 Å². The summed E-state index contributed by atoms with van der Waals surface area (Å²) in [5.74, 6) is 0.731. The number of anilines is 1. The van der Waals surface area contributed by atoms with Crippen molar-refractivity contribution in [3.63, 3.8) is 0 Å². The van der Waals surface area contributed by atoms with Gasteiger partial charge in [0.05, 0.1) is 18.8 Å². The predicted octanol–water partition coefficient (Wildman–Crippen LogP) is 2.04. The van der Waals surface area contributed by atoms with Crippen molar-refractivity contribution in [2.75, 3.05) is 39.1 Å². The van der Waals surface area contributed by atoms with Crippen LogP contribution in [0.4, 0.5) is 10.5 Å². The highest BCUT2D eigenvalue weighted by Crippen LogP contribution is 2.44. The van der Waals surface area contributed by atoms with Crippen molar-refractivity contribution in [3.8, 4) is 0 Å². The number of aryl methyl sites for hydroxylation is 1. The number of aromatic nitrogens is 1. The van der Waals surface area contributed by atoms with Crippen LogP contribution in [-0.4, -0.2) is 59.8 Å². The monoisotopic (exact) mass is 475 g/mol. The normalized spacial score (nSPS) is 22.3. The molecule has 2 unspecified atom stereocenters. The molecule has 1 aromatic heterocycles. The van der Waals surface area contributed by atoms with E-state index in [2.05, 4.69) is 14.7 Å². The molecule has 5 N–H and O–H groups in total. The molecule has 0 spiro atoms. The van der Waals surface area contributed by atoms with Gasteiger partial charge >= 0.3 is 6.03 Å². The van der Waals surface area contributed by atoms with Gasteiger partial charge in [-0.3, -0.25) is 9.98 Å². The maximum absolute atomic E-state index is 13.2. The van der Waals surface area contributed by atoms with E-state index in [9.17, 15) is 9.00 Å². The molecule has 1 saturated carbocycles. The molecule has 2 heterocycles. The lowest BCUT2D eigenvalue weighted by molar-refractivity contribution is 0.189. The highest BCUT2D eigenvalue weighted by molar-refractivity contribution is 7.96. The molecular formula is C22H33N7O3S. The van der Waals surface area contributed by atoms with Gasteiger partial charge in [0.2, 0.25) is 5.90 Å². The molecule has 0 radical (unpaired) electrons. The molecule has 0 aromatic carbocycles. The van der Waals surface area contributed by atoms with Gasteiger partial charge in [-0.2, -0.15) is 0 Å². The smallest absolute Gasteiger partial charge is 0.354 e. The highest BCUT2D eigenvalue weighted by atomic mass is 32.2. The molecule has 4 rings (SSSR count). The number of nitrogens with zero attached hydrogens (tertiary/aromatic N) is 4. The van der Waals surface area contributed by atoms with E-state index in [0.717, 1.165) is 73.1 Å². The quantitative estimate of drug-likeness (QED) is 0.573. The Kier molecular flexibility index (Phi) is 6.73. The summed E-state index contributed by atoms with van der Waals surface area (Å²) in [4.78, 5) is 24.0. The Balaban J connectivity index is 1.56. The third kappa shape index (κ3) is 5.20. The molecule has 2 amide bonds. The summed E-state index contributed by atoms with van der Waals surface area (Å²) in [7, 11) is 0.293. The lowest BCUT2D eigenvalue weighted by Crippen LogP contribution is -2.34. The summed E-state index contributed by atoms with van der Waals surface area (Å²) in [6.07, 6.45) is 6.02. The Bertz CT molecular complexity index is 1130. The first kappa shape index (κ1) is 23.7. The second kappa shape index (κ2) is 9.40. The van der Waals surface area contributed by atoms with Gasteiger partial charge in [0.15, 0.2) is 9.92 Å². The van der Waals surface area contributed by atoms with Crippen LogP contribution in [0.2, 0.25) is 0 Å². The molecule has 1 fully saturated rings. The fraction of sp³-hybridized carbons (Fsp3) is 0.591. The fourth-order valence-electron chi connectivity index (χ4n) is 4.51. The number of ether oxygens (including phenoxy) is 1. The number of aliphatic imine (C=N–C) groups is 1. The molecule has 33 heavy (non-hydrogen) atoms. The summed E-state index contributed by atoms with van der Waals surface area (Å²) < 4.78 is 22.7. The van der Waals surface area contributed by atoms with Gasteiger partial charge < -0.3 is 20.7 Å². The first-order valence-electron chi connectivity index (χ1n) is 11.3. The van der Waals surface area contributed by atoms with E-state index in [-0.39, 0.29) is 16.7 Å². The van der Waals surface area contributed by atoms with Crippen molar-refractivity contribution in [2.24, 2.45) is 26.1 Å². The standard InChI is InChI=1S/C22H33N7O3S/c1-13-19(15-7-8-15)26-17-6-4-5-16(17)20(13)27-22(30)28-33(24,31)18(9-23)21-25-10-14(12-32-21)11-29(2)3/h9,14-15H,4-8,10-12,23H2,1-3H3,(H3,24,26,27,28,30,31)/b18-9+. The second-order valence-corrected chi connectivity index (χ2v) is 11.0. The Morgan fingerprint density at radius 1 is 1.36 bits per heavy atom. The first-order valence-corrected chi connectivity index (χ1v) is 12.9. The predicted molar refractivity (Wildman–Crippen MR) is 129 cm³/mol. The number of amides is 2. The molecule has 10 nitrogen and oxygen atoms in total. The van der Waals surface area contributed by atoms with Crippen LogP contribution < -0.4 is 16.2 Å². The number of pyridine rings is 1. The molecule has 0 bridgehead atoms. The van der Waals surface area contributed by atoms with Gasteiger partial charge in [0.25, 0.3) is 0 Å². The van der Waals surface area contributed by atoms with Crippen LogP contribution in [0.15, 0.2) is 20.5 Å². The summed E-state index contributed by atoms with van der Waals surface area (Å²) in [5.41, 5.74) is 10.5. The fourth-order valence-corrected chi connectivity index (χ4v) is 5.47. The molecule has 180 valence electrons. The Labute approximate surface area is 195 Å². The average Bonchev–Trinajstić information content (AvgIpc) is 3.48. The van der Waals surface area contributed by atoms with Crippen LogP contribution in [-0.2, 0) is 27.5 Å². The number of nitrogens with two attached hydrogens (primary N) is 2. The van der Waals surface area contributed by atoms with Gasteiger partial charge in [-0.05, 0) is 64.3 Å². The molecule has 3 aliphatic rings. The lowest BCUT2D eigenvalue weighted by atomic mass is 10.0. The van der Waals surface area contributed by atoms with Crippen LogP contribution >= 0.6 is 0 Å². The molecular weight excluding hydrogens is 442 g/mol. The van der Waals surface area contributed by atoms with Crippen LogP contribution in [0.25, 0.3) is 0 Å². The van der Waals surface area contributed by atoms with Gasteiger partial charge in [-0.15, -0.1) is 4.36 Å². The van der Waals surface area contributed by atoms with Crippen LogP contribution in [0.5, 0.6) is 0 Å². The maximum atomic E-state index is 13.2. The van der Waals surface area contributed by atoms with Gasteiger partial charge in [0, 0.05) is 36.0 Å². The molecule has 1 aliphatic heterocycles. The Hall–Kier alpha value is -2.50. The van der Waals surface area contributed by atoms with E-state index in [0.29, 0.717) is 19.1 Å². The number of nitrogens with one attached hydrogen (secondary N) is 1. The van der Waals surface area contributed by atoms with Crippen molar-refractivity contribution < 1.29 is 13.7 Å². The third-order valence-electron chi connectivity index (χ3n) is 6.17. The minimum absolute atomic E-state index is 0.0729. The van der Waals surface area contributed by atoms with E-state index in [1.165, 1.54) is 0 Å². The van der Waals surface area contributed by atoms with Gasteiger partial charge in [-0.25, -0.2) is 14.1 Å². The average molecular weight is 476 g/mol. The Morgan fingerprint density at radius 3 is 2.73 bits per heavy atom. The van der Waals surface area contributed by atoms with Crippen molar-refractivity contribution >= 4 is 27.5 Å². The number of hydrogen-bond acceptors (Lipinski definition) is 7. The van der Waals surface area contributed by atoms with Crippen molar-refractivity contribution in [1.82, 2.24) is 9.88 Å². The van der Waals surface area contributed by atoms with Crippen LogP contribution in [0, 0.1) is 12.8 Å². The molecule has 2 atom stereocenters. The summed E-state index contributed by atoms with van der Waals surface area (Å²) >= 11 is 0. The zero-order valence-electron chi connectivity index (χ0n) is 19.5. The minimum Gasteiger partial charge on any atom is -0.477 e. The van der Waals surface area contributed by atoms with E-state index in [1.54, 1.807) is 0 Å². The summed E-state index contributed by atoms with van der Waals surface area (Å²) in [6.45, 7) is 3.65. The van der Waals surface area contributed by atoms with Gasteiger partial charge in [0.1, 0.15) is 4.91 Å². The first-order chi connectivity index (χ1) is 15.7. The molecule has 0 saturated heterocycles. The number of carbonyl (C=O) groups excluding carboxylic acids is 1. The summed E-state index contributed by atoms with van der Waals surface area (Å²) in [6, 6.07) is -0.783. The second-order valence-electron chi connectivity index (χ2n) is 9.26. The van der Waals surface area contributed by atoms with Crippen molar-refractivity contribution in [2.45, 2.75) is 44.9 Å². The maximum Gasteiger partial charge on any atom is 0.354 e. The zero-order chi connectivity index (χ0) is 23.8. The SMILES string of the molecule is Cc1c(C2CC2)nc2c(c1NC(=O)N=S(N)(=O)/C(=C/N)C1=NCC(CN(C)C)CO1)CCC2. The number of urea groups is 1. The largest absolute Gasteiger partial charge is 0.477 e. The molecule has 2 aliphatic carbocycles. The Morgan fingerprint density at radius 2 is 2.12 bits per heavy atom. The minimum atomic E-state index is -3.66. The van der Waals surface area contributed by atoms with E-state index >= 15 is 0 Å². The van der Waals surface area contributed by atoms with Crippen LogP contribution in [0.3, 0.4) is 0 Å². The zero-order valence-corrected chi connectivity index (χ0v) is 20.3.